The SMILES string of the molecule is COc1ccc(C(N)c2cc(F)cc(F)c2)cc1F. The molecule has 0 saturated carbocycles. The Labute approximate surface area is 108 Å². The predicted molar refractivity (Wildman–Crippen MR) is 65.3 cm³/mol. The van der Waals surface area contributed by atoms with Crippen molar-refractivity contribution in [3.05, 3.63) is 65.0 Å². The lowest BCUT2D eigenvalue weighted by Gasteiger charge is -2.14. The molecule has 0 fully saturated rings. The lowest BCUT2D eigenvalue weighted by atomic mass is 9.99. The molecule has 0 saturated heterocycles. The molecule has 2 nitrogen and oxygen atoms in total. The van der Waals surface area contributed by atoms with E-state index in [1.165, 1.54) is 19.2 Å². The summed E-state index contributed by atoms with van der Waals surface area (Å²) in [7, 11) is 1.35. The first kappa shape index (κ1) is 13.4. The molecule has 2 N–H and O–H groups in total. The van der Waals surface area contributed by atoms with Gasteiger partial charge in [-0.2, -0.15) is 0 Å². The Hall–Kier alpha value is -2.01. The van der Waals surface area contributed by atoms with Crippen molar-refractivity contribution in [2.75, 3.05) is 7.11 Å². The van der Waals surface area contributed by atoms with Gasteiger partial charge >= 0.3 is 0 Å². The Morgan fingerprint density at radius 3 is 2.11 bits per heavy atom. The van der Waals surface area contributed by atoms with E-state index >= 15 is 0 Å². The fraction of sp³-hybridized carbons (Fsp3) is 0.143. The highest BCUT2D eigenvalue weighted by molar-refractivity contribution is 5.36. The van der Waals surface area contributed by atoms with Crippen LogP contribution in [0.1, 0.15) is 17.2 Å². The lowest BCUT2D eigenvalue weighted by Crippen LogP contribution is -2.13. The smallest absolute Gasteiger partial charge is 0.165 e. The van der Waals surface area contributed by atoms with Crippen LogP contribution in [0.2, 0.25) is 0 Å². The molecule has 0 bridgehead atoms. The van der Waals surface area contributed by atoms with Gasteiger partial charge < -0.3 is 10.5 Å². The minimum Gasteiger partial charge on any atom is -0.494 e. The molecular formula is C14H12F3NO. The Bertz CT molecular complexity index is 581. The molecule has 0 heterocycles. The summed E-state index contributed by atoms with van der Waals surface area (Å²) in [6.07, 6.45) is 0. The summed E-state index contributed by atoms with van der Waals surface area (Å²) in [5.74, 6) is -1.94. The van der Waals surface area contributed by atoms with Crippen LogP contribution in [0.15, 0.2) is 36.4 Å². The zero-order chi connectivity index (χ0) is 14.0. The first-order valence-electron chi connectivity index (χ1n) is 5.56. The molecule has 0 aliphatic heterocycles. The van der Waals surface area contributed by atoms with Crippen LogP contribution in [0.3, 0.4) is 0 Å². The maximum Gasteiger partial charge on any atom is 0.165 e. The summed E-state index contributed by atoms with van der Waals surface area (Å²) in [6.45, 7) is 0. The third-order valence-electron chi connectivity index (χ3n) is 2.78. The first-order valence-corrected chi connectivity index (χ1v) is 5.56. The van der Waals surface area contributed by atoms with Crippen LogP contribution in [-0.2, 0) is 0 Å². The number of halogens is 3. The van der Waals surface area contributed by atoms with E-state index in [0.717, 1.165) is 18.2 Å². The van der Waals surface area contributed by atoms with Crippen molar-refractivity contribution in [3.8, 4) is 5.75 Å². The summed E-state index contributed by atoms with van der Waals surface area (Å²) in [6, 6.07) is 6.34. The van der Waals surface area contributed by atoms with Crippen molar-refractivity contribution in [1.82, 2.24) is 0 Å². The van der Waals surface area contributed by atoms with Gasteiger partial charge in [0.25, 0.3) is 0 Å². The number of benzene rings is 2. The van der Waals surface area contributed by atoms with Gasteiger partial charge in [0, 0.05) is 6.07 Å². The molecule has 100 valence electrons. The number of nitrogens with two attached hydrogens (primary N) is 1. The Balaban J connectivity index is 2.38. The van der Waals surface area contributed by atoms with Crippen LogP contribution < -0.4 is 10.5 Å². The summed E-state index contributed by atoms with van der Waals surface area (Å²) in [4.78, 5) is 0. The van der Waals surface area contributed by atoms with Gasteiger partial charge in [0.15, 0.2) is 11.6 Å². The van der Waals surface area contributed by atoms with Crippen molar-refractivity contribution >= 4 is 0 Å². The number of hydrogen-bond acceptors (Lipinski definition) is 2. The Morgan fingerprint density at radius 2 is 1.58 bits per heavy atom. The number of rotatable bonds is 3. The normalized spacial score (nSPS) is 12.3. The summed E-state index contributed by atoms with van der Waals surface area (Å²) >= 11 is 0. The molecule has 0 radical (unpaired) electrons. The average molecular weight is 267 g/mol. The Morgan fingerprint density at radius 1 is 0.947 bits per heavy atom. The molecule has 1 unspecified atom stereocenters. The Kier molecular flexibility index (Phi) is 3.76. The van der Waals surface area contributed by atoms with Crippen LogP contribution in [0.25, 0.3) is 0 Å². The van der Waals surface area contributed by atoms with Gasteiger partial charge in [0.2, 0.25) is 0 Å². The molecule has 2 rings (SSSR count). The van der Waals surface area contributed by atoms with Crippen LogP contribution in [-0.4, -0.2) is 7.11 Å². The van der Waals surface area contributed by atoms with Crippen molar-refractivity contribution < 1.29 is 17.9 Å². The van der Waals surface area contributed by atoms with Crippen LogP contribution in [0, 0.1) is 17.5 Å². The molecule has 2 aromatic rings. The highest BCUT2D eigenvalue weighted by Crippen LogP contribution is 2.25. The maximum absolute atomic E-state index is 13.6. The van der Waals surface area contributed by atoms with Crippen LogP contribution in [0.5, 0.6) is 5.75 Å². The predicted octanol–water partition coefficient (Wildman–Crippen LogP) is 3.16. The molecule has 2 aromatic carbocycles. The van der Waals surface area contributed by atoms with E-state index in [1.807, 2.05) is 0 Å². The third kappa shape index (κ3) is 2.88. The van der Waals surface area contributed by atoms with Crippen molar-refractivity contribution in [3.63, 3.8) is 0 Å². The van der Waals surface area contributed by atoms with Gasteiger partial charge in [-0.05, 0) is 35.4 Å². The van der Waals surface area contributed by atoms with E-state index in [2.05, 4.69) is 0 Å². The van der Waals surface area contributed by atoms with Crippen molar-refractivity contribution in [2.45, 2.75) is 6.04 Å². The number of ether oxygens (including phenoxy) is 1. The van der Waals surface area contributed by atoms with Gasteiger partial charge in [-0.15, -0.1) is 0 Å². The zero-order valence-electron chi connectivity index (χ0n) is 10.2. The molecule has 0 amide bonds. The molecule has 0 spiro atoms. The molecule has 0 aliphatic rings. The van der Waals surface area contributed by atoms with Gasteiger partial charge in [-0.3, -0.25) is 0 Å². The van der Waals surface area contributed by atoms with E-state index in [9.17, 15) is 13.2 Å². The van der Waals surface area contributed by atoms with Gasteiger partial charge in [-0.1, -0.05) is 6.07 Å². The number of hydrogen-bond donors (Lipinski definition) is 1. The first-order chi connectivity index (χ1) is 9.01. The second-order valence-corrected chi connectivity index (χ2v) is 4.07. The highest BCUT2D eigenvalue weighted by Gasteiger charge is 2.14. The zero-order valence-corrected chi connectivity index (χ0v) is 10.2. The second-order valence-electron chi connectivity index (χ2n) is 4.07. The van der Waals surface area contributed by atoms with Crippen LogP contribution >= 0.6 is 0 Å². The van der Waals surface area contributed by atoms with E-state index < -0.39 is 23.5 Å². The molecule has 0 aromatic heterocycles. The topological polar surface area (TPSA) is 35.2 Å². The van der Waals surface area contributed by atoms with Crippen LogP contribution in [0.4, 0.5) is 13.2 Å². The minimum absolute atomic E-state index is 0.0846. The maximum atomic E-state index is 13.6. The molecular weight excluding hydrogens is 255 g/mol. The van der Waals surface area contributed by atoms with E-state index in [-0.39, 0.29) is 11.3 Å². The monoisotopic (exact) mass is 267 g/mol. The molecule has 5 heteroatoms. The summed E-state index contributed by atoms with van der Waals surface area (Å²) in [5.41, 5.74) is 6.52. The quantitative estimate of drug-likeness (QED) is 0.927. The van der Waals surface area contributed by atoms with E-state index in [1.54, 1.807) is 6.07 Å². The minimum atomic E-state index is -0.814. The second kappa shape index (κ2) is 5.32. The van der Waals surface area contributed by atoms with Gasteiger partial charge in [-0.25, -0.2) is 13.2 Å². The largest absolute Gasteiger partial charge is 0.494 e. The molecule has 19 heavy (non-hydrogen) atoms. The summed E-state index contributed by atoms with van der Waals surface area (Å²) < 4.78 is 44.6. The van der Waals surface area contributed by atoms with Gasteiger partial charge in [0.05, 0.1) is 13.2 Å². The van der Waals surface area contributed by atoms with E-state index in [4.69, 9.17) is 10.5 Å². The molecule has 0 aliphatic carbocycles. The highest BCUT2D eigenvalue weighted by atomic mass is 19.1. The van der Waals surface area contributed by atoms with E-state index in [0.29, 0.717) is 5.56 Å². The van der Waals surface area contributed by atoms with Gasteiger partial charge in [0.1, 0.15) is 11.6 Å². The summed E-state index contributed by atoms with van der Waals surface area (Å²) in [5, 5.41) is 0. The lowest BCUT2D eigenvalue weighted by molar-refractivity contribution is 0.386. The third-order valence-corrected chi connectivity index (χ3v) is 2.78. The average Bonchev–Trinajstić information content (AvgIpc) is 2.36. The fourth-order valence-electron chi connectivity index (χ4n) is 1.82. The number of methoxy groups -OCH3 is 1. The van der Waals surface area contributed by atoms with Crippen molar-refractivity contribution in [1.29, 1.82) is 0 Å². The fourth-order valence-corrected chi connectivity index (χ4v) is 1.82. The molecule has 1 atom stereocenters. The van der Waals surface area contributed by atoms with Crippen molar-refractivity contribution in [2.24, 2.45) is 5.73 Å². The standard InChI is InChI=1S/C14H12F3NO/c1-19-13-3-2-8(6-12(13)17)14(18)9-4-10(15)7-11(16)5-9/h2-7,14H,18H2,1H3.